The highest BCUT2D eigenvalue weighted by molar-refractivity contribution is 6.23. The van der Waals surface area contributed by atoms with Crippen molar-refractivity contribution in [1.29, 1.82) is 0 Å². The first-order valence-corrected chi connectivity index (χ1v) is 16.4. The SMILES string of the molecule is c1ccc(-c2nc(-c3ccc(-c4ccc5ccccc5c4)cc3)nc(-c3cc4oc5cc6ccccc6cc5c4c4ccccc34)n2)cc1. The molecule has 0 aliphatic rings. The van der Waals surface area contributed by atoms with Crippen LogP contribution >= 0.6 is 0 Å². The van der Waals surface area contributed by atoms with Crippen LogP contribution in [0.15, 0.2) is 168 Å². The summed E-state index contributed by atoms with van der Waals surface area (Å²) in [5, 5.41) is 9.16. The monoisotopic (exact) mass is 625 g/mol. The van der Waals surface area contributed by atoms with E-state index < -0.39 is 0 Å². The first-order valence-electron chi connectivity index (χ1n) is 16.4. The highest BCUT2D eigenvalue weighted by Crippen LogP contribution is 2.41. The molecule has 2 heterocycles. The zero-order valence-electron chi connectivity index (χ0n) is 26.3. The first kappa shape index (κ1) is 27.5. The van der Waals surface area contributed by atoms with Crippen LogP contribution in [-0.2, 0) is 0 Å². The van der Waals surface area contributed by atoms with Crippen molar-refractivity contribution < 1.29 is 4.42 Å². The molecule has 8 aromatic carbocycles. The van der Waals surface area contributed by atoms with Gasteiger partial charge < -0.3 is 4.42 Å². The summed E-state index contributed by atoms with van der Waals surface area (Å²) in [7, 11) is 0. The number of nitrogens with zero attached hydrogens (tertiary/aromatic N) is 3. The van der Waals surface area contributed by atoms with Crippen molar-refractivity contribution in [2.24, 2.45) is 0 Å². The van der Waals surface area contributed by atoms with Crippen LogP contribution in [0, 0.1) is 0 Å². The van der Waals surface area contributed by atoms with Crippen LogP contribution in [0.1, 0.15) is 0 Å². The number of aromatic nitrogens is 3. The molecule has 0 fully saturated rings. The van der Waals surface area contributed by atoms with Gasteiger partial charge in [0.1, 0.15) is 11.2 Å². The second-order valence-corrected chi connectivity index (χ2v) is 12.5. The van der Waals surface area contributed by atoms with E-state index in [1.807, 2.05) is 30.3 Å². The summed E-state index contributed by atoms with van der Waals surface area (Å²) < 4.78 is 6.57. The summed E-state index contributed by atoms with van der Waals surface area (Å²) in [6.07, 6.45) is 0. The van der Waals surface area contributed by atoms with Gasteiger partial charge >= 0.3 is 0 Å². The molecule has 0 radical (unpaired) electrons. The van der Waals surface area contributed by atoms with Gasteiger partial charge in [-0.1, -0.05) is 140 Å². The molecule has 10 rings (SSSR count). The molecule has 0 saturated carbocycles. The van der Waals surface area contributed by atoms with E-state index >= 15 is 0 Å². The van der Waals surface area contributed by atoms with Gasteiger partial charge in [0.25, 0.3) is 0 Å². The molecule has 0 atom stereocenters. The highest BCUT2D eigenvalue weighted by Gasteiger charge is 2.19. The third-order valence-corrected chi connectivity index (χ3v) is 9.48. The molecule has 0 aliphatic heterocycles. The van der Waals surface area contributed by atoms with E-state index in [4.69, 9.17) is 19.4 Å². The maximum atomic E-state index is 6.57. The molecule has 2 aromatic heterocycles. The van der Waals surface area contributed by atoms with Crippen LogP contribution in [0.4, 0.5) is 0 Å². The lowest BCUT2D eigenvalue weighted by atomic mass is 9.97. The third kappa shape index (κ3) is 4.65. The van der Waals surface area contributed by atoms with Crippen LogP contribution in [0.3, 0.4) is 0 Å². The van der Waals surface area contributed by atoms with Crippen LogP contribution < -0.4 is 0 Å². The topological polar surface area (TPSA) is 51.8 Å². The molecule has 0 amide bonds. The molecule has 0 unspecified atom stereocenters. The summed E-state index contributed by atoms with van der Waals surface area (Å²) in [5.41, 5.74) is 6.74. The lowest BCUT2D eigenvalue weighted by Crippen LogP contribution is -2.00. The quantitative estimate of drug-likeness (QED) is 0.195. The molecule has 0 bridgehead atoms. The number of hydrogen-bond donors (Lipinski definition) is 0. The molecular weight excluding hydrogens is 599 g/mol. The maximum Gasteiger partial charge on any atom is 0.164 e. The van der Waals surface area contributed by atoms with Crippen molar-refractivity contribution in [3.05, 3.63) is 164 Å². The molecule has 10 aromatic rings. The largest absolute Gasteiger partial charge is 0.456 e. The van der Waals surface area contributed by atoms with Crippen molar-refractivity contribution in [2.45, 2.75) is 0 Å². The molecule has 49 heavy (non-hydrogen) atoms. The van der Waals surface area contributed by atoms with Gasteiger partial charge in [-0.15, -0.1) is 0 Å². The molecule has 0 aliphatic carbocycles. The summed E-state index contributed by atoms with van der Waals surface area (Å²) in [6.45, 7) is 0. The molecule has 4 nitrogen and oxygen atoms in total. The van der Waals surface area contributed by atoms with Crippen molar-refractivity contribution in [3.8, 4) is 45.3 Å². The van der Waals surface area contributed by atoms with Crippen LogP contribution in [0.5, 0.6) is 0 Å². The van der Waals surface area contributed by atoms with E-state index in [0.717, 1.165) is 60.4 Å². The van der Waals surface area contributed by atoms with Gasteiger partial charge in [-0.2, -0.15) is 0 Å². The van der Waals surface area contributed by atoms with E-state index in [1.54, 1.807) is 0 Å². The van der Waals surface area contributed by atoms with Gasteiger partial charge in [0.2, 0.25) is 0 Å². The van der Waals surface area contributed by atoms with Gasteiger partial charge in [0, 0.05) is 27.5 Å². The molecule has 0 spiro atoms. The Morgan fingerprint density at radius 1 is 0.327 bits per heavy atom. The highest BCUT2D eigenvalue weighted by atomic mass is 16.3. The van der Waals surface area contributed by atoms with Crippen molar-refractivity contribution in [1.82, 2.24) is 15.0 Å². The first-order chi connectivity index (χ1) is 24.2. The Bertz CT molecular complexity index is 2870. The molecular formula is C45H27N3O. The Morgan fingerprint density at radius 2 is 0.878 bits per heavy atom. The van der Waals surface area contributed by atoms with Crippen LogP contribution in [-0.4, -0.2) is 15.0 Å². The molecule has 0 N–H and O–H groups in total. The minimum Gasteiger partial charge on any atom is -0.456 e. The second kappa shape index (κ2) is 11.0. The third-order valence-electron chi connectivity index (χ3n) is 9.48. The average Bonchev–Trinajstić information content (AvgIpc) is 3.54. The van der Waals surface area contributed by atoms with E-state index in [-0.39, 0.29) is 0 Å². The van der Waals surface area contributed by atoms with Gasteiger partial charge in [-0.25, -0.2) is 15.0 Å². The smallest absolute Gasteiger partial charge is 0.164 e. The Morgan fingerprint density at radius 3 is 1.63 bits per heavy atom. The normalized spacial score (nSPS) is 11.7. The fourth-order valence-electron chi connectivity index (χ4n) is 7.03. The van der Waals surface area contributed by atoms with Crippen molar-refractivity contribution in [2.75, 3.05) is 0 Å². The standard InChI is InChI=1S/C45H27N3O/c1-2-11-30(12-3-1)43-46-44(31-21-18-29(19-22-31)35-23-20-28-10-4-5-13-32(28)24-35)48-45(47-43)38-27-41-42(37-17-9-8-16-36(37)38)39-25-33-14-6-7-15-34(33)26-40(39)49-41/h1-27H. The molecule has 228 valence electrons. The predicted molar refractivity (Wildman–Crippen MR) is 201 cm³/mol. The summed E-state index contributed by atoms with van der Waals surface area (Å²) in [5.74, 6) is 1.85. The number of rotatable bonds is 4. The fraction of sp³-hybridized carbons (Fsp3) is 0. The fourth-order valence-corrected chi connectivity index (χ4v) is 7.03. The number of furan rings is 1. The maximum absolute atomic E-state index is 6.57. The lowest BCUT2D eigenvalue weighted by Gasteiger charge is -2.11. The summed E-state index contributed by atoms with van der Waals surface area (Å²) >= 11 is 0. The number of hydrogen-bond acceptors (Lipinski definition) is 4. The van der Waals surface area contributed by atoms with Crippen LogP contribution in [0.25, 0.3) is 99.5 Å². The Kier molecular flexibility index (Phi) is 6.15. The second-order valence-electron chi connectivity index (χ2n) is 12.5. The summed E-state index contributed by atoms with van der Waals surface area (Å²) in [6, 6.07) is 57.0. The van der Waals surface area contributed by atoms with Gasteiger partial charge in [-0.3, -0.25) is 0 Å². The molecule has 0 saturated heterocycles. The Balaban J connectivity index is 1.16. The van der Waals surface area contributed by atoms with E-state index in [1.165, 1.54) is 21.7 Å². The Hall–Kier alpha value is -6.65. The Labute approximate surface area is 282 Å². The number of benzene rings is 8. The number of fused-ring (bicyclic) bond motifs is 7. The summed E-state index contributed by atoms with van der Waals surface area (Å²) in [4.78, 5) is 15.2. The predicted octanol–water partition coefficient (Wildman–Crippen LogP) is 11.9. The van der Waals surface area contributed by atoms with Crippen molar-refractivity contribution >= 4 is 54.3 Å². The average molecular weight is 626 g/mol. The lowest BCUT2D eigenvalue weighted by molar-refractivity contribution is 0.670. The van der Waals surface area contributed by atoms with Gasteiger partial charge in [0.15, 0.2) is 17.5 Å². The van der Waals surface area contributed by atoms with E-state index in [9.17, 15) is 0 Å². The van der Waals surface area contributed by atoms with Gasteiger partial charge in [-0.05, 0) is 67.7 Å². The van der Waals surface area contributed by atoms with Gasteiger partial charge in [0.05, 0.1) is 0 Å². The zero-order valence-corrected chi connectivity index (χ0v) is 26.3. The van der Waals surface area contributed by atoms with Crippen molar-refractivity contribution in [3.63, 3.8) is 0 Å². The molecule has 4 heteroatoms. The minimum atomic E-state index is 0.603. The zero-order chi connectivity index (χ0) is 32.3. The van der Waals surface area contributed by atoms with E-state index in [0.29, 0.717) is 17.5 Å². The van der Waals surface area contributed by atoms with Crippen LogP contribution in [0.2, 0.25) is 0 Å². The van der Waals surface area contributed by atoms with E-state index in [2.05, 4.69) is 133 Å². The minimum absolute atomic E-state index is 0.603.